The summed E-state index contributed by atoms with van der Waals surface area (Å²) in [5, 5.41) is 22.3. The molecule has 3 N–H and O–H groups in total. The third-order valence-electron chi connectivity index (χ3n) is 5.25. The first-order valence-electron chi connectivity index (χ1n) is 12.1. The Hall–Kier alpha value is -1.73. The first-order chi connectivity index (χ1) is 22.0. The van der Waals surface area contributed by atoms with Crippen LogP contribution in [0.5, 0.6) is 5.75 Å². The van der Waals surface area contributed by atoms with Gasteiger partial charge in [-0.15, -0.1) is 0 Å². The Balaban J connectivity index is 0.000000805. The molecule has 5 heterocycles. The quantitative estimate of drug-likeness (QED) is 0.0515. The number of hydrogen-bond acceptors (Lipinski definition) is 14. The van der Waals surface area contributed by atoms with E-state index in [9.17, 15) is 19.5 Å². The number of esters is 1. The van der Waals surface area contributed by atoms with Crippen molar-refractivity contribution in [1.82, 2.24) is 34.9 Å². The molecule has 240 valence electrons. The first kappa shape index (κ1) is 44.3. The number of nitrogens with one attached hydrogen (secondary N) is 2. The van der Waals surface area contributed by atoms with Crippen molar-refractivity contribution in [2.75, 3.05) is 12.4 Å². The SMILES string of the molecule is COC(=O)c1nccnc1NC(=O)Cc1ncc(Cl)cc1Cl.O=CO[O-].O=c1[nH]c2nccnc2c(O)c1-c1ncc(Cl)cc1Cl.[H-].[K+].[K+]. The van der Waals surface area contributed by atoms with Gasteiger partial charge in [-0.25, -0.2) is 24.7 Å². The summed E-state index contributed by atoms with van der Waals surface area (Å²) in [6, 6.07) is 2.92. The number of ether oxygens (including phenoxy) is 1. The molecule has 16 nitrogen and oxygen atoms in total. The van der Waals surface area contributed by atoms with E-state index < -0.39 is 17.4 Å². The fourth-order valence-corrected chi connectivity index (χ4v) is 4.32. The molecule has 0 aliphatic heterocycles. The molecule has 0 saturated carbocycles. The zero-order valence-electron chi connectivity index (χ0n) is 25.9. The van der Waals surface area contributed by atoms with Crippen molar-refractivity contribution in [1.29, 1.82) is 0 Å². The third-order valence-corrected chi connectivity index (χ3v) is 6.28. The minimum atomic E-state index is -0.703. The maximum Gasteiger partial charge on any atom is 1.00 e. The Morgan fingerprint density at radius 3 is 2.15 bits per heavy atom. The van der Waals surface area contributed by atoms with Crippen LogP contribution < -0.4 is 119 Å². The van der Waals surface area contributed by atoms with Gasteiger partial charge in [-0.1, -0.05) is 46.4 Å². The molecule has 0 bridgehead atoms. The Bertz CT molecular complexity index is 1970. The van der Waals surface area contributed by atoms with E-state index in [1.54, 1.807) is 0 Å². The van der Waals surface area contributed by atoms with Gasteiger partial charge in [0.15, 0.2) is 22.9 Å². The fourth-order valence-electron chi connectivity index (χ4n) is 3.39. The minimum Gasteiger partial charge on any atom is -1.00 e. The van der Waals surface area contributed by atoms with E-state index in [4.69, 9.17) is 56.5 Å². The number of rotatable bonds is 6. The number of carbonyl (C=O) groups excluding carboxylic acids is 3. The van der Waals surface area contributed by atoms with Crippen LogP contribution in [0.15, 0.2) is 54.1 Å². The Morgan fingerprint density at radius 2 is 1.54 bits per heavy atom. The summed E-state index contributed by atoms with van der Waals surface area (Å²) in [4.78, 5) is 73.0. The van der Waals surface area contributed by atoms with Crippen molar-refractivity contribution in [3.05, 3.63) is 91.1 Å². The van der Waals surface area contributed by atoms with Gasteiger partial charge in [0.1, 0.15) is 11.1 Å². The number of hydrogen-bond donors (Lipinski definition) is 3. The number of aromatic nitrogens is 7. The number of halogens is 4. The number of nitrogens with zero attached hydrogens (tertiary/aromatic N) is 6. The van der Waals surface area contributed by atoms with Gasteiger partial charge in [0.2, 0.25) is 5.91 Å². The van der Waals surface area contributed by atoms with Gasteiger partial charge in [0.05, 0.1) is 45.0 Å². The molecule has 0 aromatic carbocycles. The third kappa shape index (κ3) is 12.6. The number of carbonyl (C=O) groups is 3. The van der Waals surface area contributed by atoms with Crippen molar-refractivity contribution in [3.8, 4) is 17.0 Å². The van der Waals surface area contributed by atoms with Gasteiger partial charge >= 0.3 is 109 Å². The number of methoxy groups -OCH3 is 1. The van der Waals surface area contributed by atoms with Gasteiger partial charge in [-0.2, -0.15) is 0 Å². The molecule has 0 atom stereocenters. The predicted molar refractivity (Wildman–Crippen MR) is 163 cm³/mol. The number of pyridine rings is 3. The molecule has 0 aliphatic rings. The monoisotopic (exact) mass is 788 g/mol. The maximum absolute atomic E-state index is 12.1. The number of aromatic amines is 1. The molecule has 0 aliphatic carbocycles. The summed E-state index contributed by atoms with van der Waals surface area (Å²) in [5.41, 5.74) is 0.105. The maximum atomic E-state index is 12.1. The normalized spacial score (nSPS) is 9.62. The van der Waals surface area contributed by atoms with Crippen LogP contribution in [-0.2, 0) is 25.6 Å². The second kappa shape index (κ2) is 22.2. The standard InChI is InChI=1S/C13H10Cl2N4O3.C12H6Cl2N4O2.CH2O3.2K.H/c1-22-13(21)11-12(17-3-2-16-11)19-10(20)5-9-8(15)4-7(14)6-18-9;13-5-3-6(14)8(17-4-5)7-10(19)9-11(18-12(7)20)16-2-1-15-9;2-1-4-3;;;/h2-4,6H,5H2,1H3,(H,17,19,20);1-4H,(H2,16,18,19,20);1,3H;;;/q;;;2*+1;-1/p-1. The van der Waals surface area contributed by atoms with Crippen molar-refractivity contribution in [2.45, 2.75) is 6.42 Å². The van der Waals surface area contributed by atoms with Crippen molar-refractivity contribution in [2.24, 2.45) is 0 Å². The number of aromatic hydroxyl groups is 1. The number of anilines is 1. The fraction of sp³-hybridized carbons (Fsp3) is 0.0769. The molecule has 0 fully saturated rings. The summed E-state index contributed by atoms with van der Waals surface area (Å²) in [6.45, 7) is -0.181. The Kier molecular flexibility index (Phi) is 20.5. The molecule has 48 heavy (non-hydrogen) atoms. The van der Waals surface area contributed by atoms with Crippen LogP contribution in [0.3, 0.4) is 0 Å². The molecule has 0 spiro atoms. The summed E-state index contributed by atoms with van der Waals surface area (Å²) >= 11 is 23.5. The molecule has 0 saturated heterocycles. The summed E-state index contributed by atoms with van der Waals surface area (Å²) < 4.78 is 4.57. The zero-order valence-corrected chi connectivity index (χ0v) is 34.2. The van der Waals surface area contributed by atoms with Crippen molar-refractivity contribution >= 4 is 81.7 Å². The van der Waals surface area contributed by atoms with Crippen LogP contribution in [0.2, 0.25) is 20.1 Å². The molecule has 1 amide bonds. The van der Waals surface area contributed by atoms with Crippen molar-refractivity contribution in [3.63, 3.8) is 0 Å². The van der Waals surface area contributed by atoms with E-state index in [-0.39, 0.29) is 167 Å². The molecule has 5 aromatic rings. The number of fused-ring (bicyclic) bond motifs is 1. The average Bonchev–Trinajstić information content (AvgIpc) is 3.03. The molecular formula is C26H18Cl4K2N8O8. The van der Waals surface area contributed by atoms with E-state index in [0.29, 0.717) is 15.7 Å². The van der Waals surface area contributed by atoms with Gasteiger partial charge < -0.3 is 31.7 Å². The summed E-state index contributed by atoms with van der Waals surface area (Å²) in [6.07, 6.45) is 8.09. The zero-order chi connectivity index (χ0) is 33.8. The van der Waals surface area contributed by atoms with E-state index in [0.717, 1.165) is 0 Å². The van der Waals surface area contributed by atoms with Crippen LogP contribution in [0.25, 0.3) is 22.4 Å². The molecule has 22 heteroatoms. The van der Waals surface area contributed by atoms with E-state index in [1.807, 2.05) is 0 Å². The average molecular weight is 790 g/mol. The van der Waals surface area contributed by atoms with Crippen molar-refractivity contribution < 1.29 is 139 Å². The second-order valence-corrected chi connectivity index (χ2v) is 9.85. The Labute approximate surface area is 376 Å². The number of amides is 1. The van der Waals surface area contributed by atoms with Gasteiger partial charge in [0.25, 0.3) is 12.0 Å². The largest absolute Gasteiger partial charge is 1.00 e. The molecule has 0 radical (unpaired) electrons. The van der Waals surface area contributed by atoms with Crippen LogP contribution in [0, 0.1) is 0 Å². The molecular weight excluding hydrogens is 772 g/mol. The second-order valence-electron chi connectivity index (χ2n) is 8.16. The van der Waals surface area contributed by atoms with E-state index in [1.165, 1.54) is 56.4 Å². The minimum absolute atomic E-state index is 0. The molecule has 5 rings (SSSR count). The summed E-state index contributed by atoms with van der Waals surface area (Å²) in [7, 11) is 1.21. The first-order valence-corrected chi connectivity index (χ1v) is 13.6. The smallest absolute Gasteiger partial charge is 1.00 e. The van der Waals surface area contributed by atoms with Gasteiger partial charge in [-0.05, 0) is 12.1 Å². The van der Waals surface area contributed by atoms with Gasteiger partial charge in [-0.3, -0.25) is 24.4 Å². The van der Waals surface area contributed by atoms with Crippen LogP contribution in [0.4, 0.5) is 5.82 Å². The van der Waals surface area contributed by atoms with Crippen LogP contribution >= 0.6 is 46.4 Å². The van der Waals surface area contributed by atoms with Crippen LogP contribution in [0.1, 0.15) is 17.6 Å². The van der Waals surface area contributed by atoms with Crippen LogP contribution in [-0.4, -0.2) is 65.5 Å². The Morgan fingerprint density at radius 1 is 0.958 bits per heavy atom. The molecule has 5 aromatic heterocycles. The van der Waals surface area contributed by atoms with Gasteiger partial charge in [0, 0.05) is 37.2 Å². The topological polar surface area (TPSA) is 235 Å². The summed E-state index contributed by atoms with van der Waals surface area (Å²) in [5.74, 6) is -1.48. The number of H-pyrrole nitrogens is 1. The van der Waals surface area contributed by atoms with E-state index >= 15 is 0 Å². The predicted octanol–water partition coefficient (Wildman–Crippen LogP) is -2.91. The van der Waals surface area contributed by atoms with E-state index in [2.05, 4.69) is 49.8 Å². The molecule has 0 unspecified atom stereocenters.